The molecule has 0 aromatic rings. The molecule has 2 saturated carbocycles. The van der Waals surface area contributed by atoms with E-state index >= 15 is 0 Å². The lowest BCUT2D eigenvalue weighted by molar-refractivity contribution is -0.120. The van der Waals surface area contributed by atoms with Crippen LogP contribution in [0.3, 0.4) is 0 Å². The highest BCUT2D eigenvalue weighted by molar-refractivity contribution is 5.81. The number of primary amides is 1. The van der Waals surface area contributed by atoms with E-state index < -0.39 is 0 Å². The maximum Gasteiger partial charge on any atom is 0.221 e. The standard InChI is InChI=1S/C7H11NO/c8-6(9)5-4-7(5)2-1-3-7/h5H,1-4H2,(H2,8,9). The number of amides is 1. The van der Waals surface area contributed by atoms with Crippen LogP contribution in [0, 0.1) is 11.3 Å². The van der Waals surface area contributed by atoms with Gasteiger partial charge in [0.05, 0.1) is 0 Å². The highest BCUT2D eigenvalue weighted by atomic mass is 16.1. The molecular formula is C7H11NO. The summed E-state index contributed by atoms with van der Waals surface area (Å²) in [4.78, 5) is 10.6. The smallest absolute Gasteiger partial charge is 0.221 e. The van der Waals surface area contributed by atoms with Crippen molar-refractivity contribution >= 4 is 5.91 Å². The summed E-state index contributed by atoms with van der Waals surface area (Å²) in [7, 11) is 0. The van der Waals surface area contributed by atoms with Gasteiger partial charge in [0.2, 0.25) is 5.91 Å². The van der Waals surface area contributed by atoms with Crippen molar-refractivity contribution in [3.05, 3.63) is 0 Å². The lowest BCUT2D eigenvalue weighted by Crippen LogP contribution is -2.23. The van der Waals surface area contributed by atoms with Gasteiger partial charge in [-0.1, -0.05) is 6.42 Å². The summed E-state index contributed by atoms with van der Waals surface area (Å²) in [5, 5.41) is 0. The van der Waals surface area contributed by atoms with Gasteiger partial charge in [0.15, 0.2) is 0 Å². The Morgan fingerprint density at radius 2 is 2.22 bits per heavy atom. The zero-order valence-electron chi connectivity index (χ0n) is 5.39. The van der Waals surface area contributed by atoms with Gasteiger partial charge >= 0.3 is 0 Å². The van der Waals surface area contributed by atoms with Crippen molar-refractivity contribution < 1.29 is 4.79 Å². The van der Waals surface area contributed by atoms with Crippen LogP contribution in [-0.4, -0.2) is 5.91 Å². The molecule has 2 N–H and O–H groups in total. The molecule has 2 nitrogen and oxygen atoms in total. The molecule has 2 heteroatoms. The van der Waals surface area contributed by atoms with Gasteiger partial charge in [-0.2, -0.15) is 0 Å². The Hall–Kier alpha value is -0.530. The van der Waals surface area contributed by atoms with Gasteiger partial charge in [-0.15, -0.1) is 0 Å². The van der Waals surface area contributed by atoms with Crippen molar-refractivity contribution in [2.45, 2.75) is 25.7 Å². The van der Waals surface area contributed by atoms with Crippen LogP contribution in [-0.2, 0) is 4.79 Å². The molecule has 2 fully saturated rings. The second-order valence-electron chi connectivity index (χ2n) is 3.38. The maximum atomic E-state index is 10.6. The SMILES string of the molecule is NC(=O)C1CC12CCC2. The Balaban J connectivity index is 2.01. The third kappa shape index (κ3) is 0.533. The average molecular weight is 125 g/mol. The monoisotopic (exact) mass is 125 g/mol. The third-order valence-electron chi connectivity index (χ3n) is 2.88. The summed E-state index contributed by atoms with van der Waals surface area (Å²) >= 11 is 0. The first kappa shape index (κ1) is 5.27. The number of hydrogen-bond donors (Lipinski definition) is 1. The number of carbonyl (C=O) groups is 1. The molecule has 2 rings (SSSR count). The predicted octanol–water partition coefficient (Wildman–Crippen LogP) is 0.662. The minimum absolute atomic E-state index is 0.0744. The molecule has 0 aliphatic heterocycles. The van der Waals surface area contributed by atoms with Crippen LogP contribution in [0.15, 0.2) is 0 Å². The summed E-state index contributed by atoms with van der Waals surface area (Å²) in [6.45, 7) is 0. The van der Waals surface area contributed by atoms with E-state index in [2.05, 4.69) is 0 Å². The Bertz CT molecular complexity index is 160. The van der Waals surface area contributed by atoms with E-state index in [1.54, 1.807) is 0 Å². The molecule has 2 aliphatic carbocycles. The van der Waals surface area contributed by atoms with Crippen LogP contribution in [0.5, 0.6) is 0 Å². The Morgan fingerprint density at radius 3 is 2.33 bits per heavy atom. The fraction of sp³-hybridized carbons (Fsp3) is 0.857. The quantitative estimate of drug-likeness (QED) is 0.549. The average Bonchev–Trinajstić information content (AvgIpc) is 2.34. The minimum Gasteiger partial charge on any atom is -0.369 e. The molecule has 1 spiro atoms. The summed E-state index contributed by atoms with van der Waals surface area (Å²) in [5.74, 6) is 0.181. The summed E-state index contributed by atoms with van der Waals surface area (Å²) in [6, 6.07) is 0. The maximum absolute atomic E-state index is 10.6. The van der Waals surface area contributed by atoms with Gasteiger partial charge in [0.1, 0.15) is 0 Å². The van der Waals surface area contributed by atoms with Crippen LogP contribution in [0.2, 0.25) is 0 Å². The van der Waals surface area contributed by atoms with E-state index in [0.29, 0.717) is 5.41 Å². The van der Waals surface area contributed by atoms with Gasteiger partial charge in [0.25, 0.3) is 0 Å². The highest BCUT2D eigenvalue weighted by Crippen LogP contribution is 2.65. The zero-order chi connectivity index (χ0) is 6.48. The first-order valence-corrected chi connectivity index (χ1v) is 3.54. The molecule has 9 heavy (non-hydrogen) atoms. The van der Waals surface area contributed by atoms with Crippen LogP contribution in [0.1, 0.15) is 25.7 Å². The van der Waals surface area contributed by atoms with E-state index in [9.17, 15) is 4.79 Å². The predicted molar refractivity (Wildman–Crippen MR) is 33.6 cm³/mol. The Labute approximate surface area is 54.4 Å². The van der Waals surface area contributed by atoms with Crippen LogP contribution in [0.25, 0.3) is 0 Å². The van der Waals surface area contributed by atoms with Crippen molar-refractivity contribution in [3.8, 4) is 0 Å². The molecular weight excluding hydrogens is 114 g/mol. The first-order chi connectivity index (χ1) is 4.25. The van der Waals surface area contributed by atoms with Crippen molar-refractivity contribution in [1.29, 1.82) is 0 Å². The number of carbonyl (C=O) groups excluding carboxylic acids is 1. The van der Waals surface area contributed by atoms with E-state index in [1.807, 2.05) is 0 Å². The van der Waals surface area contributed by atoms with Crippen molar-refractivity contribution in [2.75, 3.05) is 0 Å². The van der Waals surface area contributed by atoms with Gasteiger partial charge in [-0.25, -0.2) is 0 Å². The second kappa shape index (κ2) is 1.31. The van der Waals surface area contributed by atoms with E-state index in [0.717, 1.165) is 6.42 Å². The highest BCUT2D eigenvalue weighted by Gasteiger charge is 2.60. The normalized spacial score (nSPS) is 35.8. The molecule has 0 bridgehead atoms. The molecule has 50 valence electrons. The van der Waals surface area contributed by atoms with Gasteiger partial charge in [0, 0.05) is 5.92 Å². The first-order valence-electron chi connectivity index (χ1n) is 3.54. The van der Waals surface area contributed by atoms with Gasteiger partial charge in [-0.05, 0) is 24.7 Å². The lowest BCUT2D eigenvalue weighted by atomic mass is 9.80. The van der Waals surface area contributed by atoms with Crippen molar-refractivity contribution in [1.82, 2.24) is 0 Å². The topological polar surface area (TPSA) is 43.1 Å². The second-order valence-corrected chi connectivity index (χ2v) is 3.38. The lowest BCUT2D eigenvalue weighted by Gasteiger charge is -2.25. The zero-order valence-corrected chi connectivity index (χ0v) is 5.39. The molecule has 2 aliphatic rings. The van der Waals surface area contributed by atoms with Gasteiger partial charge < -0.3 is 5.73 Å². The van der Waals surface area contributed by atoms with E-state index in [1.165, 1.54) is 19.3 Å². The number of nitrogens with two attached hydrogens (primary N) is 1. The molecule has 0 saturated heterocycles. The summed E-state index contributed by atoms with van der Waals surface area (Å²) in [6.07, 6.45) is 4.90. The summed E-state index contributed by atoms with van der Waals surface area (Å²) in [5.41, 5.74) is 5.58. The van der Waals surface area contributed by atoms with Crippen LogP contribution >= 0.6 is 0 Å². The third-order valence-corrected chi connectivity index (χ3v) is 2.88. The van der Waals surface area contributed by atoms with E-state index in [-0.39, 0.29) is 11.8 Å². The fourth-order valence-electron chi connectivity index (χ4n) is 1.93. The number of hydrogen-bond acceptors (Lipinski definition) is 1. The Kier molecular flexibility index (Phi) is 0.765. The molecule has 0 radical (unpaired) electrons. The molecule has 1 amide bonds. The summed E-state index contributed by atoms with van der Waals surface area (Å²) < 4.78 is 0. The minimum atomic E-state index is -0.0744. The van der Waals surface area contributed by atoms with Crippen molar-refractivity contribution in [2.24, 2.45) is 17.1 Å². The number of rotatable bonds is 1. The fourth-order valence-corrected chi connectivity index (χ4v) is 1.93. The van der Waals surface area contributed by atoms with Gasteiger partial charge in [-0.3, -0.25) is 4.79 Å². The molecule has 0 aromatic carbocycles. The van der Waals surface area contributed by atoms with E-state index in [4.69, 9.17) is 5.73 Å². The molecule has 0 aromatic heterocycles. The molecule has 1 atom stereocenters. The van der Waals surface area contributed by atoms with Crippen molar-refractivity contribution in [3.63, 3.8) is 0 Å². The molecule has 1 unspecified atom stereocenters. The molecule has 0 heterocycles. The Morgan fingerprint density at radius 1 is 1.56 bits per heavy atom. The van der Waals surface area contributed by atoms with Crippen LogP contribution < -0.4 is 5.73 Å². The largest absolute Gasteiger partial charge is 0.369 e. The van der Waals surface area contributed by atoms with Crippen LogP contribution in [0.4, 0.5) is 0 Å².